The lowest BCUT2D eigenvalue weighted by atomic mass is 10.6. The molecule has 1 aliphatic rings. The van der Waals surface area contributed by atoms with Gasteiger partial charge in [-0.2, -0.15) is 4.90 Å². The minimum atomic E-state index is -0.402. The number of hydrogen-bond acceptors (Lipinski definition) is 2. The molecule has 0 saturated heterocycles. The van der Waals surface area contributed by atoms with Crippen molar-refractivity contribution < 1.29 is 9.59 Å². The van der Waals surface area contributed by atoms with Crippen LogP contribution in [0.2, 0.25) is 0 Å². The SMILES string of the molecule is [CH2]C#CN1C(=O)C=CC1=O. The smallest absolute Gasteiger partial charge is 0.265 e. The molecule has 0 fully saturated rings. The van der Waals surface area contributed by atoms with Gasteiger partial charge >= 0.3 is 0 Å². The van der Waals surface area contributed by atoms with Gasteiger partial charge in [-0.25, -0.2) is 0 Å². The molecule has 0 aliphatic carbocycles. The average molecular weight is 134 g/mol. The maximum Gasteiger partial charge on any atom is 0.265 e. The lowest BCUT2D eigenvalue weighted by molar-refractivity contribution is -0.132. The highest BCUT2D eigenvalue weighted by Gasteiger charge is 2.20. The highest BCUT2D eigenvalue weighted by atomic mass is 16.2. The molecule has 1 radical (unpaired) electrons. The van der Waals surface area contributed by atoms with Crippen LogP contribution in [-0.4, -0.2) is 16.7 Å². The minimum Gasteiger partial charge on any atom is -0.268 e. The summed E-state index contributed by atoms with van der Waals surface area (Å²) in [5.74, 6) is 1.41. The quantitative estimate of drug-likeness (QED) is 0.337. The lowest BCUT2D eigenvalue weighted by Crippen LogP contribution is -2.24. The molecule has 1 heterocycles. The minimum absolute atomic E-state index is 0.402. The van der Waals surface area contributed by atoms with Crippen molar-refractivity contribution in [2.24, 2.45) is 0 Å². The number of nitrogens with zero attached hydrogens (tertiary/aromatic N) is 1. The van der Waals surface area contributed by atoms with Gasteiger partial charge in [0.05, 0.1) is 0 Å². The number of hydrogen-bond donors (Lipinski definition) is 0. The van der Waals surface area contributed by atoms with E-state index in [1.165, 1.54) is 12.2 Å². The van der Waals surface area contributed by atoms with E-state index in [-0.39, 0.29) is 0 Å². The number of rotatable bonds is 0. The number of carbonyl (C=O) groups is 2. The van der Waals surface area contributed by atoms with Crippen LogP contribution in [0.1, 0.15) is 0 Å². The molecular weight excluding hydrogens is 130 g/mol. The molecule has 10 heavy (non-hydrogen) atoms. The van der Waals surface area contributed by atoms with Crippen molar-refractivity contribution in [3.63, 3.8) is 0 Å². The van der Waals surface area contributed by atoms with Gasteiger partial charge in [0, 0.05) is 25.1 Å². The van der Waals surface area contributed by atoms with Crippen molar-refractivity contribution in [2.75, 3.05) is 0 Å². The summed E-state index contributed by atoms with van der Waals surface area (Å²) in [6.45, 7) is 3.18. The first-order valence-electron chi connectivity index (χ1n) is 2.59. The molecule has 0 unspecified atom stereocenters. The van der Waals surface area contributed by atoms with E-state index in [9.17, 15) is 9.59 Å². The molecule has 1 aliphatic heterocycles. The molecule has 3 nitrogen and oxygen atoms in total. The summed E-state index contributed by atoms with van der Waals surface area (Å²) < 4.78 is 0. The summed E-state index contributed by atoms with van der Waals surface area (Å²) >= 11 is 0. The van der Waals surface area contributed by atoms with E-state index in [2.05, 4.69) is 18.9 Å². The van der Waals surface area contributed by atoms with Gasteiger partial charge in [0.2, 0.25) is 0 Å². The van der Waals surface area contributed by atoms with Gasteiger partial charge in [-0.05, 0) is 0 Å². The first-order chi connectivity index (χ1) is 4.75. The predicted molar refractivity (Wildman–Crippen MR) is 34.1 cm³/mol. The van der Waals surface area contributed by atoms with Gasteiger partial charge in [0.25, 0.3) is 11.8 Å². The summed E-state index contributed by atoms with van der Waals surface area (Å²) in [5.41, 5.74) is 0. The Kier molecular flexibility index (Phi) is 1.55. The Balaban J connectivity index is 2.86. The van der Waals surface area contributed by atoms with E-state index in [1.807, 2.05) is 0 Å². The van der Waals surface area contributed by atoms with Crippen molar-refractivity contribution in [3.05, 3.63) is 19.1 Å². The first-order valence-corrected chi connectivity index (χ1v) is 2.59. The highest BCUT2D eigenvalue weighted by Crippen LogP contribution is 1.99. The zero-order valence-corrected chi connectivity index (χ0v) is 5.13. The summed E-state index contributed by atoms with van der Waals surface area (Å²) in [6, 6.07) is 2.25. The molecule has 2 amide bonds. The van der Waals surface area contributed by atoms with Crippen LogP contribution in [0, 0.1) is 18.9 Å². The van der Waals surface area contributed by atoms with Crippen LogP contribution in [0.3, 0.4) is 0 Å². The molecule has 49 valence electrons. The second kappa shape index (κ2) is 2.36. The normalized spacial score (nSPS) is 15.5. The van der Waals surface area contributed by atoms with Crippen molar-refractivity contribution >= 4 is 11.8 Å². The summed E-state index contributed by atoms with van der Waals surface area (Å²) in [6.07, 6.45) is 2.35. The van der Waals surface area contributed by atoms with Gasteiger partial charge in [0.1, 0.15) is 0 Å². The second-order valence-corrected chi connectivity index (χ2v) is 1.63. The van der Waals surface area contributed by atoms with Crippen LogP contribution < -0.4 is 0 Å². The summed E-state index contributed by atoms with van der Waals surface area (Å²) in [5, 5.41) is 0. The zero-order valence-electron chi connectivity index (χ0n) is 5.13. The van der Waals surface area contributed by atoms with E-state index in [0.29, 0.717) is 0 Å². The number of carbonyl (C=O) groups excluding carboxylic acids is 2. The topological polar surface area (TPSA) is 37.4 Å². The Morgan fingerprint density at radius 3 is 2.20 bits per heavy atom. The molecule has 0 aromatic heterocycles. The van der Waals surface area contributed by atoms with E-state index >= 15 is 0 Å². The largest absolute Gasteiger partial charge is 0.268 e. The Morgan fingerprint density at radius 2 is 1.80 bits per heavy atom. The third-order valence-corrected chi connectivity index (χ3v) is 1.00. The van der Waals surface area contributed by atoms with E-state index < -0.39 is 11.8 Å². The number of amides is 2. The van der Waals surface area contributed by atoms with Crippen molar-refractivity contribution in [1.82, 2.24) is 4.90 Å². The fourth-order valence-corrected chi connectivity index (χ4v) is 0.590. The predicted octanol–water partition coefficient (Wildman–Crippen LogP) is -0.294. The standard InChI is InChI=1S/C7H4NO2/c1-2-5-8-6(9)3-4-7(8)10/h3-4H,1H2. The Labute approximate surface area is 58.3 Å². The van der Waals surface area contributed by atoms with Gasteiger partial charge in [-0.1, -0.05) is 5.92 Å². The Bertz CT molecular complexity index is 249. The van der Waals surface area contributed by atoms with E-state index in [1.54, 1.807) is 0 Å². The van der Waals surface area contributed by atoms with Crippen LogP contribution in [0.5, 0.6) is 0 Å². The summed E-state index contributed by atoms with van der Waals surface area (Å²) in [7, 11) is 0. The molecule has 0 saturated carbocycles. The molecule has 0 bridgehead atoms. The molecule has 0 aromatic rings. The third kappa shape index (κ3) is 0.914. The monoisotopic (exact) mass is 134 g/mol. The van der Waals surface area contributed by atoms with Crippen molar-refractivity contribution in [1.29, 1.82) is 0 Å². The fourth-order valence-electron chi connectivity index (χ4n) is 0.590. The molecule has 1 rings (SSSR count). The van der Waals surface area contributed by atoms with Crippen LogP contribution in [0.25, 0.3) is 0 Å². The van der Waals surface area contributed by atoms with Gasteiger partial charge < -0.3 is 0 Å². The van der Waals surface area contributed by atoms with Crippen LogP contribution >= 0.6 is 0 Å². The zero-order chi connectivity index (χ0) is 7.56. The van der Waals surface area contributed by atoms with Gasteiger partial charge in [-0.3, -0.25) is 9.59 Å². The molecule has 0 atom stereocenters. The summed E-state index contributed by atoms with van der Waals surface area (Å²) in [4.78, 5) is 22.1. The molecule has 0 aromatic carbocycles. The lowest BCUT2D eigenvalue weighted by Gasteiger charge is -2.00. The van der Waals surface area contributed by atoms with Crippen LogP contribution in [0.4, 0.5) is 0 Å². The average Bonchev–Trinajstić information content (AvgIpc) is 2.20. The first kappa shape index (κ1) is 6.56. The molecule has 3 heteroatoms. The Morgan fingerprint density at radius 1 is 1.30 bits per heavy atom. The van der Waals surface area contributed by atoms with Crippen LogP contribution in [0.15, 0.2) is 12.2 Å². The molecule has 0 spiro atoms. The maximum absolute atomic E-state index is 10.7. The third-order valence-electron chi connectivity index (χ3n) is 1.00. The van der Waals surface area contributed by atoms with Crippen molar-refractivity contribution in [2.45, 2.75) is 0 Å². The second-order valence-electron chi connectivity index (χ2n) is 1.63. The number of imide groups is 1. The maximum atomic E-state index is 10.7. The van der Waals surface area contributed by atoms with E-state index in [0.717, 1.165) is 4.90 Å². The highest BCUT2D eigenvalue weighted by molar-refractivity contribution is 6.14. The molecular formula is C7H4NO2. The Hall–Kier alpha value is -1.56. The molecule has 0 N–H and O–H groups in total. The fraction of sp³-hybridized carbons (Fsp3) is 0. The van der Waals surface area contributed by atoms with E-state index in [4.69, 9.17) is 0 Å². The van der Waals surface area contributed by atoms with Crippen molar-refractivity contribution in [3.8, 4) is 12.0 Å². The van der Waals surface area contributed by atoms with Gasteiger partial charge in [-0.15, -0.1) is 0 Å². The van der Waals surface area contributed by atoms with Crippen LogP contribution in [-0.2, 0) is 9.59 Å². The van der Waals surface area contributed by atoms with Gasteiger partial charge in [0.15, 0.2) is 0 Å².